The number of aromatic nitrogens is 5. The number of halogens is 1. The van der Waals surface area contributed by atoms with Gasteiger partial charge in [-0.15, -0.1) is 16.4 Å². The van der Waals surface area contributed by atoms with Crippen LogP contribution in [0.15, 0.2) is 10.5 Å². The number of nitrogens with zero attached hydrogens (tertiary/aromatic N) is 5. The van der Waals surface area contributed by atoms with Crippen molar-refractivity contribution in [2.24, 2.45) is 7.05 Å². The number of thiazole rings is 1. The van der Waals surface area contributed by atoms with E-state index in [0.29, 0.717) is 4.47 Å². The lowest BCUT2D eigenvalue weighted by Gasteiger charge is -1.95. The zero-order valence-electron chi connectivity index (χ0n) is 7.21. The van der Waals surface area contributed by atoms with Gasteiger partial charge in [-0.25, -0.2) is 9.67 Å². The molecule has 0 atom stereocenters. The summed E-state index contributed by atoms with van der Waals surface area (Å²) in [7, 11) is 1.80. The molecule has 2 aromatic rings. The maximum absolute atomic E-state index is 5.70. The van der Waals surface area contributed by atoms with Crippen LogP contribution >= 0.6 is 34.7 Å². The van der Waals surface area contributed by atoms with Gasteiger partial charge >= 0.3 is 0 Å². The lowest BCUT2D eigenvalue weighted by Crippen LogP contribution is -1.93. The Kier molecular flexibility index (Phi) is 2.99. The van der Waals surface area contributed by atoms with Gasteiger partial charge in [-0.3, -0.25) is 0 Å². The van der Waals surface area contributed by atoms with Gasteiger partial charge in [0.05, 0.1) is 5.69 Å². The molecule has 0 bridgehead atoms. The second-order valence-corrected chi connectivity index (χ2v) is 4.85. The predicted molar refractivity (Wildman–Crippen MR) is 55.5 cm³/mol. The summed E-state index contributed by atoms with van der Waals surface area (Å²) in [6.07, 6.45) is 0. The zero-order valence-corrected chi connectivity index (χ0v) is 9.60. The molecule has 0 amide bonds. The van der Waals surface area contributed by atoms with Crippen molar-refractivity contribution in [3.63, 3.8) is 0 Å². The molecule has 0 radical (unpaired) electrons. The van der Waals surface area contributed by atoms with Crippen LogP contribution in [0.2, 0.25) is 4.47 Å². The Morgan fingerprint density at radius 2 is 2.50 bits per heavy atom. The van der Waals surface area contributed by atoms with Crippen LogP contribution in [0.1, 0.15) is 5.69 Å². The predicted octanol–water partition coefficient (Wildman–Crippen LogP) is 1.61. The van der Waals surface area contributed by atoms with Crippen LogP contribution < -0.4 is 0 Å². The monoisotopic (exact) mass is 247 g/mol. The molecule has 0 aliphatic rings. The highest BCUT2D eigenvalue weighted by Crippen LogP contribution is 2.22. The van der Waals surface area contributed by atoms with Crippen molar-refractivity contribution in [2.75, 3.05) is 0 Å². The molecule has 14 heavy (non-hydrogen) atoms. The molecule has 0 saturated carbocycles. The smallest absolute Gasteiger partial charge is 0.209 e. The van der Waals surface area contributed by atoms with E-state index in [1.807, 2.05) is 5.38 Å². The Morgan fingerprint density at radius 3 is 3.07 bits per heavy atom. The topological polar surface area (TPSA) is 56.5 Å². The largest absolute Gasteiger partial charge is 0.229 e. The summed E-state index contributed by atoms with van der Waals surface area (Å²) in [4.78, 5) is 4.13. The van der Waals surface area contributed by atoms with Crippen molar-refractivity contribution < 1.29 is 0 Å². The molecular weight excluding hydrogens is 242 g/mol. The van der Waals surface area contributed by atoms with Gasteiger partial charge < -0.3 is 0 Å². The first-order valence-corrected chi connectivity index (χ1v) is 5.95. The van der Waals surface area contributed by atoms with Crippen LogP contribution in [0, 0.1) is 0 Å². The SMILES string of the molecule is Cn1nnnc1SCc1csc(Cl)n1. The highest BCUT2D eigenvalue weighted by molar-refractivity contribution is 7.98. The normalized spacial score (nSPS) is 10.7. The van der Waals surface area contributed by atoms with Crippen molar-refractivity contribution in [2.45, 2.75) is 10.9 Å². The molecule has 0 saturated heterocycles. The summed E-state index contributed by atoms with van der Waals surface area (Å²) in [5.74, 6) is 0.734. The van der Waals surface area contributed by atoms with Gasteiger partial charge in [-0.1, -0.05) is 23.4 Å². The Balaban J connectivity index is 1.98. The fraction of sp³-hybridized carbons (Fsp3) is 0.333. The average molecular weight is 248 g/mol. The summed E-state index contributed by atoms with van der Waals surface area (Å²) in [6, 6.07) is 0. The van der Waals surface area contributed by atoms with E-state index in [-0.39, 0.29) is 0 Å². The van der Waals surface area contributed by atoms with Crippen molar-refractivity contribution in [1.82, 2.24) is 25.2 Å². The van der Waals surface area contributed by atoms with Crippen molar-refractivity contribution in [3.8, 4) is 0 Å². The lowest BCUT2D eigenvalue weighted by atomic mass is 10.6. The second kappa shape index (κ2) is 4.24. The van der Waals surface area contributed by atoms with E-state index in [2.05, 4.69) is 20.5 Å². The fourth-order valence-electron chi connectivity index (χ4n) is 0.831. The first-order valence-electron chi connectivity index (χ1n) is 3.71. The van der Waals surface area contributed by atoms with E-state index in [4.69, 9.17) is 11.6 Å². The Labute approximate surface area is 93.5 Å². The standard InChI is InChI=1S/C6H6ClN5S2/c1-12-6(9-10-11-12)14-3-4-2-13-5(7)8-4/h2H,3H2,1H3. The van der Waals surface area contributed by atoms with Crippen molar-refractivity contribution in [3.05, 3.63) is 15.5 Å². The molecule has 0 spiro atoms. The number of thioether (sulfide) groups is 1. The summed E-state index contributed by atoms with van der Waals surface area (Å²) in [6.45, 7) is 0. The van der Waals surface area contributed by atoms with E-state index in [1.165, 1.54) is 23.1 Å². The van der Waals surface area contributed by atoms with Crippen LogP contribution in [0.3, 0.4) is 0 Å². The van der Waals surface area contributed by atoms with Crippen LogP contribution in [-0.2, 0) is 12.8 Å². The van der Waals surface area contributed by atoms with E-state index in [0.717, 1.165) is 16.6 Å². The van der Waals surface area contributed by atoms with Crippen LogP contribution in [0.4, 0.5) is 0 Å². The lowest BCUT2D eigenvalue weighted by molar-refractivity contribution is 0.664. The molecule has 0 aliphatic heterocycles. The third-order valence-corrected chi connectivity index (χ3v) is 3.53. The first kappa shape index (κ1) is 9.88. The number of rotatable bonds is 3. The van der Waals surface area contributed by atoms with Crippen LogP contribution in [0.25, 0.3) is 0 Å². The maximum atomic E-state index is 5.70. The number of tetrazole rings is 1. The molecule has 0 aromatic carbocycles. The molecular formula is C6H6ClN5S2. The van der Waals surface area contributed by atoms with Gasteiger partial charge in [0.2, 0.25) is 5.16 Å². The minimum Gasteiger partial charge on any atom is -0.229 e. The minimum atomic E-state index is 0.566. The average Bonchev–Trinajstić information content (AvgIpc) is 2.72. The summed E-state index contributed by atoms with van der Waals surface area (Å²) < 4.78 is 2.19. The van der Waals surface area contributed by atoms with Crippen LogP contribution in [-0.4, -0.2) is 25.2 Å². The first-order chi connectivity index (χ1) is 6.75. The van der Waals surface area contributed by atoms with Gasteiger partial charge in [0.15, 0.2) is 4.47 Å². The summed E-state index contributed by atoms with van der Waals surface area (Å²) >= 11 is 8.67. The Hall–Kier alpha value is -0.660. The molecule has 0 aliphatic carbocycles. The van der Waals surface area contributed by atoms with E-state index >= 15 is 0 Å². The molecule has 2 heterocycles. The summed E-state index contributed by atoms with van der Waals surface area (Å²) in [5.41, 5.74) is 0.952. The Morgan fingerprint density at radius 1 is 1.64 bits per heavy atom. The molecule has 2 aromatic heterocycles. The van der Waals surface area contributed by atoms with Crippen LogP contribution in [0.5, 0.6) is 0 Å². The molecule has 5 nitrogen and oxygen atoms in total. The van der Waals surface area contributed by atoms with Gasteiger partial charge in [0.1, 0.15) is 0 Å². The van der Waals surface area contributed by atoms with Gasteiger partial charge in [-0.05, 0) is 10.4 Å². The highest BCUT2D eigenvalue weighted by Gasteiger charge is 2.05. The number of hydrogen-bond acceptors (Lipinski definition) is 6. The Bertz CT molecular complexity index is 425. The molecule has 8 heteroatoms. The van der Waals surface area contributed by atoms with Crippen molar-refractivity contribution >= 4 is 34.7 Å². The van der Waals surface area contributed by atoms with E-state index in [1.54, 1.807) is 11.7 Å². The third-order valence-electron chi connectivity index (χ3n) is 1.45. The molecule has 0 fully saturated rings. The van der Waals surface area contributed by atoms with Gasteiger partial charge in [0.25, 0.3) is 0 Å². The third kappa shape index (κ3) is 2.23. The van der Waals surface area contributed by atoms with Crippen molar-refractivity contribution in [1.29, 1.82) is 0 Å². The second-order valence-electron chi connectivity index (χ2n) is 2.47. The minimum absolute atomic E-state index is 0.566. The van der Waals surface area contributed by atoms with Gasteiger partial charge in [-0.2, -0.15) is 0 Å². The quantitative estimate of drug-likeness (QED) is 0.772. The number of aryl methyl sites for hydroxylation is 1. The zero-order chi connectivity index (χ0) is 9.97. The summed E-state index contributed by atoms with van der Waals surface area (Å²) in [5, 5.41) is 13.8. The molecule has 0 N–H and O–H groups in total. The molecule has 0 unspecified atom stereocenters. The molecule has 2 rings (SSSR count). The molecule has 74 valence electrons. The van der Waals surface area contributed by atoms with Gasteiger partial charge in [0, 0.05) is 18.2 Å². The number of hydrogen-bond donors (Lipinski definition) is 0. The fourth-order valence-corrected chi connectivity index (χ4v) is 2.46. The highest BCUT2D eigenvalue weighted by atomic mass is 35.5. The maximum Gasteiger partial charge on any atom is 0.209 e. The van der Waals surface area contributed by atoms with E-state index in [9.17, 15) is 0 Å². The van der Waals surface area contributed by atoms with E-state index < -0.39 is 0 Å².